The van der Waals surface area contributed by atoms with Gasteiger partial charge in [0.25, 0.3) is 0 Å². The van der Waals surface area contributed by atoms with Crippen LogP contribution in [0.2, 0.25) is 0 Å². The molecule has 1 aliphatic heterocycles. The lowest BCUT2D eigenvalue weighted by Crippen LogP contribution is -2.31. The number of rotatable bonds is 7. The van der Waals surface area contributed by atoms with Crippen LogP contribution in [0.25, 0.3) is 22.3 Å². The lowest BCUT2D eigenvalue weighted by Gasteiger charge is -2.22. The molecule has 3 aromatic rings. The minimum absolute atomic E-state index is 0.152. The highest BCUT2D eigenvalue weighted by atomic mass is 19.1. The number of alkyl halides is 1. The molecule has 3 N–H and O–H groups in total. The Morgan fingerprint density at radius 2 is 2.19 bits per heavy atom. The summed E-state index contributed by atoms with van der Waals surface area (Å²) in [5, 5.41) is 21.5. The Balaban J connectivity index is 1.64. The molecule has 0 unspecified atom stereocenters. The van der Waals surface area contributed by atoms with Gasteiger partial charge in [-0.15, -0.1) is 0 Å². The minimum atomic E-state index is -1.25. The topological polar surface area (TPSA) is 131 Å². The molecule has 10 nitrogen and oxygen atoms in total. The number of ether oxygens (including phenoxy) is 2. The van der Waals surface area contributed by atoms with Crippen molar-refractivity contribution in [2.75, 3.05) is 13.2 Å². The number of imidazole rings is 1. The molecule has 0 bridgehead atoms. The number of aromatic hydroxyl groups is 1. The Bertz CT molecular complexity index is 1110. The van der Waals surface area contributed by atoms with Crippen molar-refractivity contribution in [2.24, 2.45) is 0 Å². The normalized spacial score (nSPS) is 16.3. The highest BCUT2D eigenvalue weighted by molar-refractivity contribution is 5.93. The third-order valence-electron chi connectivity index (χ3n) is 4.86. The molecule has 0 saturated carbocycles. The third kappa shape index (κ3) is 4.61. The van der Waals surface area contributed by atoms with Crippen molar-refractivity contribution in [3.63, 3.8) is 0 Å². The van der Waals surface area contributed by atoms with Crippen LogP contribution >= 0.6 is 0 Å². The van der Waals surface area contributed by atoms with E-state index < -0.39 is 6.30 Å². The number of allylic oxidation sites excluding steroid dienone is 1. The zero-order valence-electron chi connectivity index (χ0n) is 16.8. The number of halogens is 1. The van der Waals surface area contributed by atoms with E-state index >= 15 is 0 Å². The lowest BCUT2D eigenvalue weighted by molar-refractivity contribution is 0.0810. The van der Waals surface area contributed by atoms with Crippen LogP contribution in [-0.2, 0) is 4.74 Å². The van der Waals surface area contributed by atoms with E-state index in [1.807, 2.05) is 0 Å². The molecule has 11 heteroatoms. The molecule has 1 fully saturated rings. The number of fused-ring (bicyclic) bond motifs is 1. The second-order valence-electron chi connectivity index (χ2n) is 7.01. The summed E-state index contributed by atoms with van der Waals surface area (Å²) in [7, 11) is 0. The van der Waals surface area contributed by atoms with Crippen LogP contribution in [0.5, 0.6) is 11.9 Å². The zero-order chi connectivity index (χ0) is 21.8. The molecule has 1 atom stereocenters. The van der Waals surface area contributed by atoms with E-state index in [0.29, 0.717) is 35.5 Å². The van der Waals surface area contributed by atoms with Crippen LogP contribution in [0.4, 0.5) is 4.39 Å². The van der Waals surface area contributed by atoms with Gasteiger partial charge >= 0.3 is 6.01 Å². The molecule has 1 saturated heterocycles. The van der Waals surface area contributed by atoms with Gasteiger partial charge in [-0.25, -0.2) is 9.37 Å². The van der Waals surface area contributed by atoms with Crippen molar-refractivity contribution in [1.29, 1.82) is 5.41 Å². The molecular weight excluding hydrogens is 405 g/mol. The number of nitrogens with zero attached hydrogens (tertiary/aromatic N) is 5. The molecule has 31 heavy (non-hydrogen) atoms. The fourth-order valence-corrected chi connectivity index (χ4v) is 3.18. The third-order valence-corrected chi connectivity index (χ3v) is 4.86. The predicted octanol–water partition coefficient (Wildman–Crippen LogP) is 2.72. The van der Waals surface area contributed by atoms with Crippen LogP contribution < -0.4 is 10.1 Å². The van der Waals surface area contributed by atoms with Crippen molar-refractivity contribution in [3.05, 3.63) is 36.7 Å². The fourth-order valence-electron chi connectivity index (χ4n) is 3.18. The highest BCUT2D eigenvalue weighted by Crippen LogP contribution is 2.30. The Hall–Kier alpha value is -3.60. The van der Waals surface area contributed by atoms with Gasteiger partial charge in [0.1, 0.15) is 16.9 Å². The van der Waals surface area contributed by atoms with Gasteiger partial charge in [0.15, 0.2) is 12.1 Å². The Morgan fingerprint density at radius 3 is 2.90 bits per heavy atom. The largest absolute Gasteiger partial charge is 0.493 e. The van der Waals surface area contributed by atoms with E-state index in [0.717, 1.165) is 19.1 Å². The molecule has 4 heterocycles. The maximum absolute atomic E-state index is 13.6. The quantitative estimate of drug-likeness (QED) is 0.387. The van der Waals surface area contributed by atoms with Crippen LogP contribution in [0.3, 0.4) is 0 Å². The molecule has 4 rings (SSSR count). The van der Waals surface area contributed by atoms with Crippen molar-refractivity contribution < 1.29 is 19.0 Å². The van der Waals surface area contributed by atoms with Gasteiger partial charge in [0, 0.05) is 37.8 Å². The summed E-state index contributed by atoms with van der Waals surface area (Å²) in [5.41, 5.74) is 1.03. The van der Waals surface area contributed by atoms with Crippen molar-refractivity contribution >= 4 is 17.1 Å². The molecule has 1 aliphatic rings. The number of hydrogen-bond donors (Lipinski definition) is 3. The maximum Gasteiger partial charge on any atom is 0.326 e. The number of aromatic nitrogens is 5. The molecule has 3 aromatic heterocycles. The first kappa shape index (κ1) is 20.7. The van der Waals surface area contributed by atoms with Gasteiger partial charge in [-0.2, -0.15) is 9.97 Å². The van der Waals surface area contributed by atoms with E-state index in [1.165, 1.54) is 30.2 Å². The maximum atomic E-state index is 13.6. The van der Waals surface area contributed by atoms with Gasteiger partial charge in [-0.3, -0.25) is 4.98 Å². The molecular formula is C20H22FN7O3. The second kappa shape index (κ2) is 9.04. The van der Waals surface area contributed by atoms with Gasteiger partial charge in [-0.05, 0) is 25.8 Å². The number of pyridine rings is 1. The molecule has 0 spiro atoms. The monoisotopic (exact) mass is 427 g/mol. The van der Waals surface area contributed by atoms with E-state index in [2.05, 4.69) is 25.3 Å². The Labute approximate surface area is 177 Å². The summed E-state index contributed by atoms with van der Waals surface area (Å²) < 4.78 is 25.8. The summed E-state index contributed by atoms with van der Waals surface area (Å²) in [6.45, 7) is 2.75. The number of hydrogen-bond acceptors (Lipinski definition) is 9. The molecule has 0 radical (unpaired) electrons. The van der Waals surface area contributed by atoms with Crippen molar-refractivity contribution in [3.8, 4) is 23.3 Å². The van der Waals surface area contributed by atoms with Crippen molar-refractivity contribution in [2.45, 2.75) is 32.1 Å². The number of nitrogens with one attached hydrogen (secondary N) is 2. The van der Waals surface area contributed by atoms with Crippen molar-refractivity contribution in [1.82, 2.24) is 29.8 Å². The standard InChI is InChI=1S/C20H22FN7O3/c1-12(21)28-10-16(25-11-28)18-17-15(2-5-23-18)19(29)27-20(26-17)31-14(8-22)9-24-13-3-6-30-7-4-13/h2,5,8-13,22,24H,3-4,6-7H2,1H3,(H,26,27,29)/b14-9+,22-8?/t12-/m0/s1. The van der Waals surface area contributed by atoms with Gasteiger partial charge < -0.3 is 29.9 Å². The van der Waals surface area contributed by atoms with E-state index in [1.54, 1.807) is 12.3 Å². The van der Waals surface area contributed by atoms with E-state index in [9.17, 15) is 9.50 Å². The second-order valence-corrected chi connectivity index (χ2v) is 7.01. The van der Waals surface area contributed by atoms with Crippen LogP contribution in [0, 0.1) is 5.41 Å². The first-order chi connectivity index (χ1) is 15.0. The summed E-state index contributed by atoms with van der Waals surface area (Å²) in [5.74, 6) is -0.130. The minimum Gasteiger partial charge on any atom is -0.493 e. The summed E-state index contributed by atoms with van der Waals surface area (Å²) in [4.78, 5) is 16.8. The molecule has 0 aliphatic carbocycles. The molecule has 162 valence electrons. The van der Waals surface area contributed by atoms with Gasteiger partial charge in [0.2, 0.25) is 5.88 Å². The smallest absolute Gasteiger partial charge is 0.326 e. The zero-order valence-corrected chi connectivity index (χ0v) is 16.8. The van der Waals surface area contributed by atoms with Gasteiger partial charge in [0.05, 0.1) is 17.9 Å². The van der Waals surface area contributed by atoms with Gasteiger partial charge in [-0.1, -0.05) is 0 Å². The Kier molecular flexibility index (Phi) is 6.03. The predicted molar refractivity (Wildman–Crippen MR) is 111 cm³/mol. The van der Waals surface area contributed by atoms with Crippen LogP contribution in [0.1, 0.15) is 26.1 Å². The van der Waals surface area contributed by atoms with Crippen LogP contribution in [-0.4, -0.2) is 55.1 Å². The molecule has 0 amide bonds. The SMILES string of the molecule is C[C@@H](F)n1cnc(-c2nccc3c(O)nc(O/C(C=N)=C/NC4CCOCC4)nc23)c1. The van der Waals surface area contributed by atoms with E-state index in [4.69, 9.17) is 14.9 Å². The highest BCUT2D eigenvalue weighted by Gasteiger charge is 2.17. The average molecular weight is 427 g/mol. The summed E-state index contributed by atoms with van der Waals surface area (Å²) >= 11 is 0. The fraction of sp³-hybridized carbons (Fsp3) is 0.350. The summed E-state index contributed by atoms with van der Waals surface area (Å²) in [6.07, 6.45) is 7.40. The molecule has 0 aromatic carbocycles. The Morgan fingerprint density at radius 1 is 1.39 bits per heavy atom. The van der Waals surface area contributed by atoms with Crippen LogP contribution in [0.15, 0.2) is 36.7 Å². The lowest BCUT2D eigenvalue weighted by atomic mass is 10.1. The van der Waals surface area contributed by atoms with E-state index in [-0.39, 0.29) is 23.7 Å². The first-order valence-electron chi connectivity index (χ1n) is 9.81. The first-order valence-corrected chi connectivity index (χ1v) is 9.81. The average Bonchev–Trinajstić information content (AvgIpc) is 3.27. The summed E-state index contributed by atoms with van der Waals surface area (Å²) in [6, 6.07) is 1.63.